The highest BCUT2D eigenvalue weighted by molar-refractivity contribution is 6.16. The van der Waals surface area contributed by atoms with E-state index in [9.17, 15) is 15.0 Å². The number of aliphatic hydroxyl groups is 2. The molecule has 3 aromatic rings. The van der Waals surface area contributed by atoms with Gasteiger partial charge in [0.05, 0.1) is 27.9 Å². The molecule has 5 unspecified atom stereocenters. The Hall–Kier alpha value is -3.41. The molecular formula is C31H34O10. The molecule has 2 N–H and O–H groups in total. The quantitative estimate of drug-likeness (QED) is 0.438. The molecule has 0 saturated carbocycles. The van der Waals surface area contributed by atoms with Gasteiger partial charge in [-0.3, -0.25) is 4.79 Å². The molecule has 1 aliphatic carbocycles. The van der Waals surface area contributed by atoms with E-state index in [2.05, 4.69) is 0 Å². The normalized spacial score (nSPS) is 26.5. The van der Waals surface area contributed by atoms with Gasteiger partial charge in [0.25, 0.3) is 0 Å². The first-order valence-corrected chi connectivity index (χ1v) is 13.6. The second-order valence-corrected chi connectivity index (χ2v) is 10.9. The number of carbonyl (C=O) groups is 1. The SMILES string of the molecule is COc1ccc(-c2c3c(c(OC4OC(CO)C5OC(C)(C)OC5C4O)c4cc(OC)c(OC)cc24)CCC3=O)cc1. The number of carbonyl (C=O) groups excluding carboxylic acids is 1. The minimum Gasteiger partial charge on any atom is -0.497 e. The second-order valence-electron chi connectivity index (χ2n) is 10.9. The van der Waals surface area contributed by atoms with Crippen LogP contribution in [0.5, 0.6) is 23.0 Å². The van der Waals surface area contributed by atoms with Gasteiger partial charge in [0.15, 0.2) is 23.1 Å². The maximum Gasteiger partial charge on any atom is 0.229 e. The van der Waals surface area contributed by atoms with E-state index < -0.39 is 36.5 Å². The third kappa shape index (κ3) is 4.60. The number of benzene rings is 3. The van der Waals surface area contributed by atoms with Crippen LogP contribution in [0.2, 0.25) is 0 Å². The van der Waals surface area contributed by atoms with Gasteiger partial charge in [-0.1, -0.05) is 12.1 Å². The first-order valence-electron chi connectivity index (χ1n) is 13.6. The summed E-state index contributed by atoms with van der Waals surface area (Å²) < 4.78 is 41.0. The van der Waals surface area contributed by atoms with Gasteiger partial charge in [-0.05, 0) is 55.5 Å². The second kappa shape index (κ2) is 10.5. The van der Waals surface area contributed by atoms with Crippen LogP contribution in [0, 0.1) is 0 Å². The first-order chi connectivity index (χ1) is 19.7. The lowest BCUT2D eigenvalue weighted by Crippen LogP contribution is -2.58. The lowest BCUT2D eigenvalue weighted by molar-refractivity contribution is -0.254. The lowest BCUT2D eigenvalue weighted by atomic mass is 9.89. The van der Waals surface area contributed by atoms with Crippen LogP contribution in [0.25, 0.3) is 21.9 Å². The molecule has 0 amide bonds. The van der Waals surface area contributed by atoms with E-state index in [0.717, 1.165) is 11.1 Å². The minimum absolute atomic E-state index is 0.0139. The predicted molar refractivity (Wildman–Crippen MR) is 148 cm³/mol. The highest BCUT2D eigenvalue weighted by Crippen LogP contribution is 2.49. The Kier molecular flexibility index (Phi) is 7.07. The van der Waals surface area contributed by atoms with E-state index in [1.807, 2.05) is 30.3 Å². The molecule has 10 heteroatoms. The molecule has 0 aromatic heterocycles. The molecule has 5 atom stereocenters. The third-order valence-corrected chi connectivity index (χ3v) is 7.99. The fraction of sp³-hybridized carbons (Fsp3) is 0.452. The van der Waals surface area contributed by atoms with Crippen molar-refractivity contribution in [2.24, 2.45) is 0 Å². The van der Waals surface area contributed by atoms with Crippen molar-refractivity contribution in [3.63, 3.8) is 0 Å². The molecule has 3 aliphatic rings. The van der Waals surface area contributed by atoms with Crippen molar-refractivity contribution < 1.29 is 48.2 Å². The van der Waals surface area contributed by atoms with E-state index in [1.165, 1.54) is 0 Å². The number of hydrogen-bond acceptors (Lipinski definition) is 10. The summed E-state index contributed by atoms with van der Waals surface area (Å²) in [6.07, 6.45) is -3.91. The summed E-state index contributed by atoms with van der Waals surface area (Å²) in [6, 6.07) is 11.2. The summed E-state index contributed by atoms with van der Waals surface area (Å²) in [6.45, 7) is 3.13. The molecule has 3 aromatic carbocycles. The molecule has 2 saturated heterocycles. The van der Waals surface area contributed by atoms with Crippen molar-refractivity contribution >= 4 is 16.6 Å². The van der Waals surface area contributed by atoms with E-state index in [4.69, 9.17) is 33.2 Å². The Morgan fingerprint density at radius 2 is 1.56 bits per heavy atom. The number of rotatable bonds is 7. The number of ketones is 1. The largest absolute Gasteiger partial charge is 0.497 e. The average molecular weight is 567 g/mol. The highest BCUT2D eigenvalue weighted by Gasteiger charge is 2.55. The minimum atomic E-state index is -1.23. The zero-order valence-electron chi connectivity index (χ0n) is 23.6. The number of hydrogen-bond donors (Lipinski definition) is 2. The Balaban J connectivity index is 1.54. The first kappa shape index (κ1) is 27.7. The molecule has 0 radical (unpaired) electrons. The van der Waals surface area contributed by atoms with Gasteiger partial charge in [-0.2, -0.15) is 0 Å². The van der Waals surface area contributed by atoms with Gasteiger partial charge >= 0.3 is 0 Å². The van der Waals surface area contributed by atoms with Crippen molar-refractivity contribution in [2.45, 2.75) is 63.2 Å². The van der Waals surface area contributed by atoms with E-state index >= 15 is 0 Å². The third-order valence-electron chi connectivity index (χ3n) is 7.99. The molecule has 0 bridgehead atoms. The summed E-state index contributed by atoms with van der Waals surface area (Å²) in [5.41, 5.74) is 2.84. The maximum absolute atomic E-state index is 13.4. The van der Waals surface area contributed by atoms with Gasteiger partial charge in [-0.25, -0.2) is 0 Å². The van der Waals surface area contributed by atoms with Gasteiger partial charge in [0.1, 0.15) is 35.9 Å². The molecule has 0 spiro atoms. The van der Waals surface area contributed by atoms with Crippen LogP contribution in [0.1, 0.15) is 36.2 Å². The van der Waals surface area contributed by atoms with Crippen molar-refractivity contribution in [1.29, 1.82) is 0 Å². The van der Waals surface area contributed by atoms with Gasteiger partial charge in [0.2, 0.25) is 6.29 Å². The fourth-order valence-electron chi connectivity index (χ4n) is 6.15. The van der Waals surface area contributed by atoms with Crippen LogP contribution in [0.3, 0.4) is 0 Å². The molecule has 218 valence electrons. The topological polar surface area (TPSA) is 122 Å². The zero-order chi connectivity index (χ0) is 29.1. The lowest BCUT2D eigenvalue weighted by Gasteiger charge is -2.39. The number of aliphatic hydroxyl groups excluding tert-OH is 2. The molecule has 6 rings (SSSR count). The van der Waals surface area contributed by atoms with E-state index in [1.54, 1.807) is 41.2 Å². The Bertz CT molecular complexity index is 1480. The van der Waals surface area contributed by atoms with E-state index in [0.29, 0.717) is 57.7 Å². The monoisotopic (exact) mass is 566 g/mol. The van der Waals surface area contributed by atoms with Crippen LogP contribution < -0.4 is 18.9 Å². The van der Waals surface area contributed by atoms with Gasteiger partial charge < -0.3 is 43.4 Å². The van der Waals surface area contributed by atoms with Gasteiger partial charge in [-0.15, -0.1) is 0 Å². The maximum atomic E-state index is 13.4. The standard InChI is InChI=1S/C31H34O10/c1-31(2)40-28-23(14-32)38-30(26(34)29(28)41-31)39-27-17-10-11-20(33)25(17)24(15-6-8-16(35-3)9-7-15)18-12-21(36-4)22(37-5)13-19(18)27/h6-9,12-13,23,26,28-30,32,34H,10-11,14H2,1-5H3. The van der Waals surface area contributed by atoms with Crippen LogP contribution in [0.4, 0.5) is 0 Å². The number of ether oxygens (including phenoxy) is 7. The van der Waals surface area contributed by atoms with Crippen LogP contribution in [0.15, 0.2) is 36.4 Å². The summed E-state index contributed by atoms with van der Waals surface area (Å²) in [7, 11) is 4.70. The summed E-state index contributed by atoms with van der Waals surface area (Å²) in [4.78, 5) is 13.4. The van der Waals surface area contributed by atoms with E-state index in [-0.39, 0.29) is 12.4 Å². The Labute approximate surface area is 237 Å². The average Bonchev–Trinajstić information content (AvgIpc) is 3.52. The Morgan fingerprint density at radius 3 is 2.20 bits per heavy atom. The summed E-state index contributed by atoms with van der Waals surface area (Å²) in [5.74, 6) is 1.08. The molecular weight excluding hydrogens is 532 g/mol. The number of Topliss-reactive ketones (excluding diaryl/α,β-unsaturated/α-hetero) is 1. The fourth-order valence-corrected chi connectivity index (χ4v) is 6.15. The van der Waals surface area contributed by atoms with Crippen molar-refractivity contribution in [3.8, 4) is 34.1 Å². The van der Waals surface area contributed by atoms with Crippen molar-refractivity contribution in [1.82, 2.24) is 0 Å². The number of fused-ring (bicyclic) bond motifs is 3. The van der Waals surface area contributed by atoms with Crippen LogP contribution in [-0.4, -0.2) is 80.4 Å². The number of methoxy groups -OCH3 is 3. The highest BCUT2D eigenvalue weighted by atomic mass is 16.8. The van der Waals surface area contributed by atoms with Crippen molar-refractivity contribution in [3.05, 3.63) is 47.5 Å². The zero-order valence-corrected chi connectivity index (χ0v) is 23.6. The van der Waals surface area contributed by atoms with Crippen LogP contribution in [-0.2, 0) is 20.6 Å². The van der Waals surface area contributed by atoms with Crippen molar-refractivity contribution in [2.75, 3.05) is 27.9 Å². The molecule has 41 heavy (non-hydrogen) atoms. The Morgan fingerprint density at radius 1 is 0.902 bits per heavy atom. The molecule has 2 heterocycles. The predicted octanol–water partition coefficient (Wildman–Crippen LogP) is 3.64. The van der Waals surface area contributed by atoms with Crippen LogP contribution >= 0.6 is 0 Å². The summed E-state index contributed by atoms with van der Waals surface area (Å²) >= 11 is 0. The van der Waals surface area contributed by atoms with Gasteiger partial charge in [0, 0.05) is 28.5 Å². The molecule has 10 nitrogen and oxygen atoms in total. The summed E-state index contributed by atoms with van der Waals surface area (Å²) in [5, 5.41) is 22.8. The molecule has 2 fully saturated rings. The molecule has 2 aliphatic heterocycles. The smallest absolute Gasteiger partial charge is 0.229 e.